The first kappa shape index (κ1) is 21.8. The van der Waals surface area contributed by atoms with Crippen LogP contribution >= 0.6 is 0 Å². The Morgan fingerprint density at radius 1 is 1.14 bits per heavy atom. The Morgan fingerprint density at radius 3 is 2.29 bits per heavy atom. The lowest BCUT2D eigenvalue weighted by Crippen LogP contribution is -2.41. The number of anilines is 1. The van der Waals surface area contributed by atoms with Gasteiger partial charge in [0.2, 0.25) is 15.9 Å². The minimum atomic E-state index is -3.61. The number of methoxy groups -OCH3 is 1. The van der Waals surface area contributed by atoms with Crippen LogP contribution in [0.25, 0.3) is 0 Å². The predicted octanol–water partition coefficient (Wildman–Crippen LogP) is 3.35. The number of carbonyl (C=O) groups is 1. The number of hydrogen-bond acceptors (Lipinski definition) is 4. The van der Waals surface area contributed by atoms with Crippen molar-refractivity contribution in [2.24, 2.45) is 0 Å². The van der Waals surface area contributed by atoms with Crippen LogP contribution in [0.1, 0.15) is 36.1 Å². The molecule has 0 aliphatic rings. The summed E-state index contributed by atoms with van der Waals surface area (Å²) in [4.78, 5) is 12.7. The molecule has 0 aromatic heterocycles. The highest BCUT2D eigenvalue weighted by Crippen LogP contribution is 2.24. The van der Waals surface area contributed by atoms with E-state index in [1.54, 1.807) is 13.2 Å². The second-order valence-corrected chi connectivity index (χ2v) is 8.77. The maximum atomic E-state index is 12.7. The van der Waals surface area contributed by atoms with Gasteiger partial charge in [-0.1, -0.05) is 36.8 Å². The molecule has 2 rings (SSSR count). The first-order chi connectivity index (χ1) is 13.2. The van der Waals surface area contributed by atoms with Gasteiger partial charge >= 0.3 is 0 Å². The van der Waals surface area contributed by atoms with Crippen molar-refractivity contribution in [2.45, 2.75) is 33.2 Å². The highest BCUT2D eigenvalue weighted by molar-refractivity contribution is 7.92. The van der Waals surface area contributed by atoms with Crippen LogP contribution in [0.2, 0.25) is 0 Å². The summed E-state index contributed by atoms with van der Waals surface area (Å²) in [7, 11) is -2.01. The third-order valence-corrected chi connectivity index (χ3v) is 5.70. The molecule has 0 fully saturated rings. The number of benzene rings is 2. The molecule has 1 N–H and O–H groups in total. The molecule has 0 aliphatic carbocycles. The average molecular weight is 405 g/mol. The zero-order chi connectivity index (χ0) is 20.9. The first-order valence-electron chi connectivity index (χ1n) is 9.14. The first-order valence-corrected chi connectivity index (χ1v) is 11.0. The largest absolute Gasteiger partial charge is 0.497 e. The van der Waals surface area contributed by atoms with Crippen molar-refractivity contribution in [3.05, 3.63) is 59.2 Å². The van der Waals surface area contributed by atoms with Crippen LogP contribution in [0.5, 0.6) is 5.75 Å². The summed E-state index contributed by atoms with van der Waals surface area (Å²) in [6.07, 6.45) is 1.79. The molecule has 0 bridgehead atoms. The van der Waals surface area contributed by atoms with Gasteiger partial charge in [-0.15, -0.1) is 0 Å². The number of amides is 1. The number of aryl methyl sites for hydroxylation is 2. The minimum Gasteiger partial charge on any atom is -0.497 e. The van der Waals surface area contributed by atoms with Gasteiger partial charge in [0.25, 0.3) is 0 Å². The van der Waals surface area contributed by atoms with Crippen LogP contribution < -0.4 is 14.4 Å². The molecule has 2 aromatic rings. The third-order valence-electron chi connectivity index (χ3n) is 4.57. The van der Waals surface area contributed by atoms with E-state index in [0.29, 0.717) is 12.1 Å². The molecule has 152 valence electrons. The number of hydrogen-bond donors (Lipinski definition) is 1. The van der Waals surface area contributed by atoms with Crippen molar-refractivity contribution >= 4 is 21.6 Å². The van der Waals surface area contributed by atoms with Crippen molar-refractivity contribution < 1.29 is 17.9 Å². The fraction of sp³-hybridized carbons (Fsp3) is 0.381. The molecular formula is C21H28N2O4S. The zero-order valence-electron chi connectivity index (χ0n) is 17.0. The van der Waals surface area contributed by atoms with Crippen LogP contribution in [0.4, 0.5) is 5.69 Å². The van der Waals surface area contributed by atoms with Crippen molar-refractivity contribution in [3.8, 4) is 5.75 Å². The molecule has 0 radical (unpaired) electrons. The number of carbonyl (C=O) groups excluding carboxylic acids is 1. The molecule has 7 heteroatoms. The van der Waals surface area contributed by atoms with E-state index in [2.05, 4.69) is 5.32 Å². The number of nitrogens with one attached hydrogen (secondary N) is 1. The van der Waals surface area contributed by atoms with E-state index in [9.17, 15) is 13.2 Å². The maximum Gasteiger partial charge on any atom is 0.241 e. The molecule has 0 saturated heterocycles. The maximum absolute atomic E-state index is 12.7. The molecule has 0 spiro atoms. The van der Waals surface area contributed by atoms with Crippen molar-refractivity contribution in [1.29, 1.82) is 0 Å². The second-order valence-electron chi connectivity index (χ2n) is 6.86. The lowest BCUT2D eigenvalue weighted by Gasteiger charge is -2.25. The van der Waals surface area contributed by atoms with E-state index in [-0.39, 0.29) is 18.5 Å². The summed E-state index contributed by atoms with van der Waals surface area (Å²) >= 11 is 0. The summed E-state index contributed by atoms with van der Waals surface area (Å²) in [6, 6.07) is 12.7. The van der Waals surface area contributed by atoms with Crippen LogP contribution in [0.15, 0.2) is 42.5 Å². The normalized spacial score (nSPS) is 12.3. The SMILES string of the molecule is CC[C@H](NC(=O)CN(c1ccc(C)cc1C)S(C)(=O)=O)c1ccc(OC)cc1. The quantitative estimate of drug-likeness (QED) is 0.732. The van der Waals surface area contributed by atoms with E-state index >= 15 is 0 Å². The van der Waals surface area contributed by atoms with Crippen molar-refractivity contribution in [3.63, 3.8) is 0 Å². The fourth-order valence-electron chi connectivity index (χ4n) is 3.09. The van der Waals surface area contributed by atoms with Gasteiger partial charge in [-0.3, -0.25) is 9.10 Å². The molecule has 0 aliphatic heterocycles. The number of rotatable bonds is 8. The Labute approximate surface area is 167 Å². The van der Waals surface area contributed by atoms with Crippen molar-refractivity contribution in [1.82, 2.24) is 5.32 Å². The second kappa shape index (κ2) is 9.10. The third kappa shape index (κ3) is 5.48. The Kier molecular flexibility index (Phi) is 7.07. The molecule has 2 aromatic carbocycles. The topological polar surface area (TPSA) is 75.7 Å². The Morgan fingerprint density at radius 2 is 1.79 bits per heavy atom. The molecule has 0 saturated carbocycles. The number of ether oxygens (including phenoxy) is 1. The molecule has 0 unspecified atom stereocenters. The zero-order valence-corrected chi connectivity index (χ0v) is 17.8. The highest BCUT2D eigenvalue weighted by Gasteiger charge is 2.23. The van der Waals surface area contributed by atoms with Gasteiger partial charge in [-0.05, 0) is 49.6 Å². The molecule has 28 heavy (non-hydrogen) atoms. The van der Waals surface area contributed by atoms with E-state index in [1.807, 2.05) is 57.2 Å². The molecule has 0 heterocycles. The molecule has 1 atom stereocenters. The van der Waals surface area contributed by atoms with Crippen LogP contribution in [0.3, 0.4) is 0 Å². The predicted molar refractivity (Wildman–Crippen MR) is 112 cm³/mol. The van der Waals surface area contributed by atoms with Crippen LogP contribution in [-0.4, -0.2) is 34.2 Å². The van der Waals surface area contributed by atoms with E-state index in [0.717, 1.165) is 33.0 Å². The Bertz CT molecular complexity index is 924. The Hall–Kier alpha value is -2.54. The lowest BCUT2D eigenvalue weighted by atomic mass is 10.0. The molecule has 1 amide bonds. The van der Waals surface area contributed by atoms with Crippen LogP contribution in [-0.2, 0) is 14.8 Å². The summed E-state index contributed by atoms with van der Waals surface area (Å²) in [5.41, 5.74) is 3.29. The number of sulfonamides is 1. The standard InChI is InChI=1S/C21H28N2O4S/c1-6-19(17-8-10-18(27-4)11-9-17)22-21(24)14-23(28(5,25)26)20-12-7-15(2)13-16(20)3/h7-13,19H,6,14H2,1-5H3,(H,22,24)/t19-/m0/s1. The van der Waals surface area contributed by atoms with E-state index < -0.39 is 10.0 Å². The number of nitrogens with zero attached hydrogens (tertiary/aromatic N) is 1. The smallest absolute Gasteiger partial charge is 0.241 e. The summed E-state index contributed by atoms with van der Waals surface area (Å²) in [5, 5.41) is 2.94. The molecular weight excluding hydrogens is 376 g/mol. The Balaban J connectivity index is 2.20. The summed E-state index contributed by atoms with van der Waals surface area (Å²) in [5.74, 6) is 0.385. The van der Waals surface area contributed by atoms with Gasteiger partial charge in [0, 0.05) is 0 Å². The van der Waals surface area contributed by atoms with Gasteiger partial charge in [0.15, 0.2) is 0 Å². The van der Waals surface area contributed by atoms with Gasteiger partial charge in [-0.2, -0.15) is 0 Å². The van der Waals surface area contributed by atoms with E-state index in [1.165, 1.54) is 0 Å². The fourth-order valence-corrected chi connectivity index (χ4v) is 4.01. The van der Waals surface area contributed by atoms with Gasteiger partial charge in [-0.25, -0.2) is 8.42 Å². The van der Waals surface area contributed by atoms with Gasteiger partial charge < -0.3 is 10.1 Å². The monoisotopic (exact) mass is 404 g/mol. The summed E-state index contributed by atoms with van der Waals surface area (Å²) < 4.78 is 31.0. The van der Waals surface area contributed by atoms with Gasteiger partial charge in [0.1, 0.15) is 12.3 Å². The summed E-state index contributed by atoms with van der Waals surface area (Å²) in [6.45, 7) is 5.47. The lowest BCUT2D eigenvalue weighted by molar-refractivity contribution is -0.120. The van der Waals surface area contributed by atoms with Gasteiger partial charge in [0.05, 0.1) is 25.1 Å². The van der Waals surface area contributed by atoms with E-state index in [4.69, 9.17) is 4.74 Å². The van der Waals surface area contributed by atoms with Crippen molar-refractivity contribution in [2.75, 3.05) is 24.2 Å². The minimum absolute atomic E-state index is 0.209. The van der Waals surface area contributed by atoms with Crippen LogP contribution in [0, 0.1) is 13.8 Å². The average Bonchev–Trinajstić information content (AvgIpc) is 2.64. The molecule has 6 nitrogen and oxygen atoms in total. The highest BCUT2D eigenvalue weighted by atomic mass is 32.2.